The zero-order valence-electron chi connectivity index (χ0n) is 17.8. The maximum Gasteiger partial charge on any atom is 0.287 e. The van der Waals surface area contributed by atoms with Crippen LogP contribution in [0.25, 0.3) is 10.9 Å². The van der Waals surface area contributed by atoms with Gasteiger partial charge in [-0.3, -0.25) is 15.2 Å². The standard InChI is InChI=1S/C21H21N9O2S/c1-33-21-25-18(24-15-2-4-17-14(10-15)12-23-27-17)11-20(26-21)29-8-6-28(7-9-29)19-5-3-16(13-22-19)30(31)32/h2-5,10-13H,6-9H2,1H3,(H,23,27)(H,24,25,26). The fourth-order valence-corrected chi connectivity index (χ4v) is 4.11. The van der Waals surface area contributed by atoms with E-state index in [1.54, 1.807) is 12.3 Å². The van der Waals surface area contributed by atoms with Crippen LogP contribution in [-0.2, 0) is 0 Å². The number of thioether (sulfide) groups is 1. The monoisotopic (exact) mass is 463 g/mol. The molecule has 0 bridgehead atoms. The largest absolute Gasteiger partial charge is 0.353 e. The average molecular weight is 464 g/mol. The van der Waals surface area contributed by atoms with Gasteiger partial charge in [0.1, 0.15) is 23.7 Å². The molecule has 0 spiro atoms. The topological polar surface area (TPSA) is 129 Å². The molecule has 4 aromatic rings. The van der Waals surface area contributed by atoms with Crippen molar-refractivity contribution in [2.75, 3.05) is 47.6 Å². The highest BCUT2D eigenvalue weighted by Crippen LogP contribution is 2.26. The fraction of sp³-hybridized carbons (Fsp3) is 0.238. The van der Waals surface area contributed by atoms with E-state index in [4.69, 9.17) is 4.98 Å². The van der Waals surface area contributed by atoms with Crippen molar-refractivity contribution in [1.82, 2.24) is 25.1 Å². The van der Waals surface area contributed by atoms with Crippen molar-refractivity contribution in [3.05, 3.63) is 58.9 Å². The van der Waals surface area contributed by atoms with Gasteiger partial charge in [-0.1, -0.05) is 11.8 Å². The van der Waals surface area contributed by atoms with E-state index in [0.717, 1.165) is 60.2 Å². The smallest absolute Gasteiger partial charge is 0.287 e. The Kier molecular flexibility index (Phi) is 5.65. The lowest BCUT2D eigenvalue weighted by atomic mass is 10.2. The number of nitrogens with one attached hydrogen (secondary N) is 2. The summed E-state index contributed by atoms with van der Waals surface area (Å²) in [6.07, 6.45) is 5.05. The van der Waals surface area contributed by atoms with E-state index in [2.05, 4.69) is 35.3 Å². The Balaban J connectivity index is 1.30. The van der Waals surface area contributed by atoms with E-state index in [0.29, 0.717) is 5.16 Å². The van der Waals surface area contributed by atoms with Crippen molar-refractivity contribution < 1.29 is 4.92 Å². The highest BCUT2D eigenvalue weighted by Gasteiger charge is 2.21. The predicted molar refractivity (Wildman–Crippen MR) is 129 cm³/mol. The van der Waals surface area contributed by atoms with E-state index in [9.17, 15) is 10.1 Å². The molecule has 0 radical (unpaired) electrons. The quantitative estimate of drug-likeness (QED) is 0.190. The molecule has 5 rings (SSSR count). The van der Waals surface area contributed by atoms with Gasteiger partial charge in [-0.2, -0.15) is 5.10 Å². The Bertz CT molecular complexity index is 1290. The molecular weight excluding hydrogens is 442 g/mol. The van der Waals surface area contributed by atoms with Gasteiger partial charge in [0.15, 0.2) is 5.16 Å². The van der Waals surface area contributed by atoms with Crippen molar-refractivity contribution in [1.29, 1.82) is 0 Å². The lowest BCUT2D eigenvalue weighted by molar-refractivity contribution is -0.385. The number of nitro groups is 1. The van der Waals surface area contributed by atoms with Crippen molar-refractivity contribution >= 4 is 51.5 Å². The normalized spacial score (nSPS) is 14.0. The predicted octanol–water partition coefficient (Wildman–Crippen LogP) is 3.45. The summed E-state index contributed by atoms with van der Waals surface area (Å²) in [6.45, 7) is 2.99. The third-order valence-corrected chi connectivity index (χ3v) is 6.01. The molecule has 0 amide bonds. The second kappa shape index (κ2) is 8.90. The first-order valence-electron chi connectivity index (χ1n) is 10.3. The van der Waals surface area contributed by atoms with Gasteiger partial charge in [0, 0.05) is 49.4 Å². The number of hydrogen-bond donors (Lipinski definition) is 2. The summed E-state index contributed by atoms with van der Waals surface area (Å²) >= 11 is 1.50. The molecule has 0 aliphatic carbocycles. The van der Waals surface area contributed by atoms with Crippen LogP contribution in [0.2, 0.25) is 0 Å². The maximum atomic E-state index is 10.9. The van der Waals surface area contributed by atoms with Crippen LogP contribution in [0.3, 0.4) is 0 Å². The molecule has 12 heteroatoms. The van der Waals surface area contributed by atoms with Crippen LogP contribution in [0, 0.1) is 10.1 Å². The number of pyridine rings is 1. The lowest BCUT2D eigenvalue weighted by Crippen LogP contribution is -2.47. The van der Waals surface area contributed by atoms with Crippen LogP contribution >= 0.6 is 11.8 Å². The third kappa shape index (κ3) is 4.51. The fourth-order valence-electron chi connectivity index (χ4n) is 3.74. The molecule has 4 heterocycles. The lowest BCUT2D eigenvalue weighted by Gasteiger charge is -2.36. The summed E-state index contributed by atoms with van der Waals surface area (Å²) in [4.78, 5) is 28.3. The Morgan fingerprint density at radius 3 is 2.52 bits per heavy atom. The SMILES string of the molecule is CSc1nc(Nc2ccc3[nH]ncc3c2)cc(N2CCN(c3ccc([N+](=O)[O-])cn3)CC2)n1. The number of aromatic nitrogens is 5. The summed E-state index contributed by atoms with van der Waals surface area (Å²) in [7, 11) is 0. The second-order valence-electron chi connectivity index (χ2n) is 7.50. The first-order chi connectivity index (χ1) is 16.1. The maximum absolute atomic E-state index is 10.9. The van der Waals surface area contributed by atoms with Crippen LogP contribution in [0.1, 0.15) is 0 Å². The first kappa shape index (κ1) is 20.9. The number of piperazine rings is 1. The number of fused-ring (bicyclic) bond motifs is 1. The summed E-state index contributed by atoms with van der Waals surface area (Å²) < 4.78 is 0. The summed E-state index contributed by atoms with van der Waals surface area (Å²) in [5.41, 5.74) is 1.90. The highest BCUT2D eigenvalue weighted by molar-refractivity contribution is 7.98. The van der Waals surface area contributed by atoms with Crippen molar-refractivity contribution in [2.24, 2.45) is 0 Å². The molecule has 33 heavy (non-hydrogen) atoms. The first-order valence-corrected chi connectivity index (χ1v) is 11.5. The Morgan fingerprint density at radius 1 is 1.03 bits per heavy atom. The van der Waals surface area contributed by atoms with Gasteiger partial charge in [0.05, 0.1) is 16.6 Å². The van der Waals surface area contributed by atoms with Crippen LogP contribution < -0.4 is 15.1 Å². The van der Waals surface area contributed by atoms with Crippen LogP contribution in [0.5, 0.6) is 0 Å². The minimum Gasteiger partial charge on any atom is -0.353 e. The van der Waals surface area contributed by atoms with Gasteiger partial charge in [0.2, 0.25) is 0 Å². The summed E-state index contributed by atoms with van der Waals surface area (Å²) in [6, 6.07) is 11.1. The zero-order chi connectivity index (χ0) is 22.8. The van der Waals surface area contributed by atoms with Gasteiger partial charge in [-0.15, -0.1) is 0 Å². The van der Waals surface area contributed by atoms with E-state index < -0.39 is 4.92 Å². The van der Waals surface area contributed by atoms with Crippen LogP contribution in [0.15, 0.2) is 53.9 Å². The van der Waals surface area contributed by atoms with E-state index in [-0.39, 0.29) is 5.69 Å². The van der Waals surface area contributed by atoms with Crippen molar-refractivity contribution in [3.8, 4) is 0 Å². The molecule has 11 nitrogen and oxygen atoms in total. The molecule has 0 unspecified atom stereocenters. The van der Waals surface area contributed by atoms with E-state index in [1.165, 1.54) is 24.0 Å². The highest BCUT2D eigenvalue weighted by atomic mass is 32.2. The zero-order valence-corrected chi connectivity index (χ0v) is 18.6. The molecule has 2 N–H and O–H groups in total. The second-order valence-corrected chi connectivity index (χ2v) is 8.27. The van der Waals surface area contributed by atoms with Gasteiger partial charge >= 0.3 is 0 Å². The number of nitrogens with zero attached hydrogens (tertiary/aromatic N) is 7. The number of benzene rings is 1. The van der Waals surface area contributed by atoms with Crippen molar-refractivity contribution in [3.63, 3.8) is 0 Å². The number of H-pyrrole nitrogens is 1. The number of hydrogen-bond acceptors (Lipinski definition) is 10. The summed E-state index contributed by atoms with van der Waals surface area (Å²) in [5, 5.41) is 23.0. The van der Waals surface area contributed by atoms with Crippen LogP contribution in [0.4, 0.5) is 28.8 Å². The summed E-state index contributed by atoms with van der Waals surface area (Å²) in [5.74, 6) is 2.33. The van der Waals surface area contributed by atoms with E-state index >= 15 is 0 Å². The molecule has 0 atom stereocenters. The Morgan fingerprint density at radius 2 is 1.82 bits per heavy atom. The minimum atomic E-state index is -0.438. The molecule has 1 fully saturated rings. The average Bonchev–Trinajstić information content (AvgIpc) is 3.32. The Hall–Kier alpha value is -3.93. The molecule has 0 saturated carbocycles. The molecule has 168 valence electrons. The van der Waals surface area contributed by atoms with E-state index in [1.807, 2.05) is 30.5 Å². The van der Waals surface area contributed by atoms with Gasteiger partial charge in [-0.25, -0.2) is 15.0 Å². The molecule has 1 aromatic carbocycles. The minimum absolute atomic E-state index is 0.00471. The molecule has 1 saturated heterocycles. The number of rotatable bonds is 6. The molecular formula is C21H21N9O2S. The van der Waals surface area contributed by atoms with Crippen LogP contribution in [-0.4, -0.2) is 62.5 Å². The van der Waals surface area contributed by atoms with Gasteiger partial charge in [0.25, 0.3) is 5.69 Å². The number of anilines is 4. The van der Waals surface area contributed by atoms with Gasteiger partial charge < -0.3 is 15.1 Å². The number of aromatic amines is 1. The molecule has 3 aromatic heterocycles. The van der Waals surface area contributed by atoms with Gasteiger partial charge in [-0.05, 0) is 30.5 Å². The molecule has 1 aliphatic rings. The third-order valence-electron chi connectivity index (χ3n) is 5.46. The Labute approximate surface area is 193 Å². The van der Waals surface area contributed by atoms with Crippen molar-refractivity contribution in [2.45, 2.75) is 5.16 Å². The molecule has 1 aliphatic heterocycles.